The fourth-order valence-corrected chi connectivity index (χ4v) is 3.86. The Hall–Kier alpha value is -1.11. The Kier molecular flexibility index (Phi) is 4.47. The van der Waals surface area contributed by atoms with Crippen LogP contribution in [0, 0.1) is 0 Å². The number of hydrogen-bond acceptors (Lipinski definition) is 4. The number of hydrogen-bond donors (Lipinski definition) is 1. The lowest BCUT2D eigenvalue weighted by Crippen LogP contribution is -2.54. The van der Waals surface area contributed by atoms with Crippen molar-refractivity contribution in [1.29, 1.82) is 0 Å². The van der Waals surface area contributed by atoms with Gasteiger partial charge in [-0.25, -0.2) is 4.79 Å². The molecule has 1 spiro atoms. The summed E-state index contributed by atoms with van der Waals surface area (Å²) in [6.07, 6.45) is 2.68. The first-order valence-corrected chi connectivity index (χ1v) is 8.47. The average molecular weight is 310 g/mol. The maximum atomic E-state index is 12.5. The normalized spacial score (nSPS) is 22.4. The van der Waals surface area contributed by atoms with Crippen molar-refractivity contribution in [2.45, 2.75) is 38.0 Å². The number of nitrogens with one attached hydrogen (secondary N) is 1. The Bertz CT molecular complexity index is 471. The molecule has 1 atom stereocenters. The zero-order valence-electron chi connectivity index (χ0n) is 12.3. The van der Waals surface area contributed by atoms with Crippen LogP contribution in [0.25, 0.3) is 0 Å². The second kappa shape index (κ2) is 6.34. The minimum Gasteiger partial charge on any atom is -0.346 e. The maximum Gasteiger partial charge on any atom is 0.318 e. The van der Waals surface area contributed by atoms with E-state index in [9.17, 15) is 4.79 Å². The van der Waals surface area contributed by atoms with Gasteiger partial charge in [0.15, 0.2) is 5.79 Å². The van der Waals surface area contributed by atoms with Crippen molar-refractivity contribution >= 4 is 17.4 Å². The zero-order chi connectivity index (χ0) is 14.7. The summed E-state index contributed by atoms with van der Waals surface area (Å²) in [5, 5.41) is 5.17. The van der Waals surface area contributed by atoms with Gasteiger partial charge < -0.3 is 19.7 Å². The molecular weight excluding hydrogens is 288 g/mol. The third-order valence-corrected chi connectivity index (χ3v) is 5.10. The van der Waals surface area contributed by atoms with E-state index in [1.54, 1.807) is 11.3 Å². The molecule has 1 N–H and O–H groups in total. The summed E-state index contributed by atoms with van der Waals surface area (Å²) >= 11 is 1.68. The molecule has 0 bridgehead atoms. The van der Waals surface area contributed by atoms with E-state index in [1.165, 1.54) is 4.88 Å². The molecule has 21 heavy (non-hydrogen) atoms. The molecule has 1 aromatic heterocycles. The van der Waals surface area contributed by atoms with Crippen LogP contribution in [0.3, 0.4) is 0 Å². The molecule has 5 nitrogen and oxygen atoms in total. The minimum absolute atomic E-state index is 0.0200. The number of rotatable bonds is 3. The predicted octanol–water partition coefficient (Wildman–Crippen LogP) is 2.75. The standard InChI is InChI=1S/C15H22N2O3S/c1-2-12(13-5-3-10-21-13)16-14(18)17-7-4-6-15(11-17)19-8-9-20-15/h3,5,10,12H,2,4,6-9,11H2,1H3,(H,16,18)/t12-/m1/s1. The molecule has 2 aliphatic rings. The molecule has 2 amide bonds. The first-order valence-electron chi connectivity index (χ1n) is 7.59. The van der Waals surface area contributed by atoms with Crippen molar-refractivity contribution in [3.8, 4) is 0 Å². The lowest BCUT2D eigenvalue weighted by atomic mass is 10.0. The number of ether oxygens (including phenoxy) is 2. The summed E-state index contributed by atoms with van der Waals surface area (Å²) in [4.78, 5) is 15.5. The number of nitrogens with zero attached hydrogens (tertiary/aromatic N) is 1. The van der Waals surface area contributed by atoms with Gasteiger partial charge in [-0.1, -0.05) is 13.0 Å². The van der Waals surface area contributed by atoms with Gasteiger partial charge in [0, 0.05) is 17.8 Å². The van der Waals surface area contributed by atoms with Crippen LogP contribution in [0.2, 0.25) is 0 Å². The molecule has 0 aliphatic carbocycles. The summed E-state index contributed by atoms with van der Waals surface area (Å²) in [6, 6.07) is 4.15. The molecule has 0 unspecified atom stereocenters. The minimum atomic E-state index is -0.555. The molecule has 6 heteroatoms. The number of likely N-dealkylation sites (tertiary alicyclic amines) is 1. The average Bonchev–Trinajstić information content (AvgIpc) is 3.17. The fourth-order valence-electron chi connectivity index (χ4n) is 3.00. The van der Waals surface area contributed by atoms with E-state index in [0.717, 1.165) is 25.8 Å². The van der Waals surface area contributed by atoms with E-state index in [-0.39, 0.29) is 12.1 Å². The number of urea groups is 1. The van der Waals surface area contributed by atoms with Crippen LogP contribution in [0.1, 0.15) is 37.1 Å². The zero-order valence-corrected chi connectivity index (χ0v) is 13.2. The van der Waals surface area contributed by atoms with Gasteiger partial charge in [0.1, 0.15) is 0 Å². The van der Waals surface area contributed by atoms with E-state index in [0.29, 0.717) is 19.8 Å². The van der Waals surface area contributed by atoms with Crippen LogP contribution >= 0.6 is 11.3 Å². The van der Waals surface area contributed by atoms with E-state index in [1.807, 2.05) is 16.3 Å². The van der Waals surface area contributed by atoms with E-state index in [2.05, 4.69) is 18.3 Å². The third-order valence-electron chi connectivity index (χ3n) is 4.11. The predicted molar refractivity (Wildman–Crippen MR) is 81.3 cm³/mol. The van der Waals surface area contributed by atoms with Crippen LogP contribution in [0.5, 0.6) is 0 Å². The second-order valence-electron chi connectivity index (χ2n) is 5.56. The second-order valence-corrected chi connectivity index (χ2v) is 6.54. The lowest BCUT2D eigenvalue weighted by molar-refractivity contribution is -0.182. The summed E-state index contributed by atoms with van der Waals surface area (Å²) in [7, 11) is 0. The first-order chi connectivity index (χ1) is 10.2. The highest BCUT2D eigenvalue weighted by Gasteiger charge is 2.42. The van der Waals surface area contributed by atoms with Crippen LogP contribution in [0.4, 0.5) is 4.79 Å². The van der Waals surface area contributed by atoms with Gasteiger partial charge >= 0.3 is 6.03 Å². The molecule has 0 saturated carbocycles. The molecule has 116 valence electrons. The molecule has 1 aromatic rings. The van der Waals surface area contributed by atoms with E-state index >= 15 is 0 Å². The topological polar surface area (TPSA) is 50.8 Å². The first kappa shape index (κ1) is 14.8. The molecule has 3 heterocycles. The highest BCUT2D eigenvalue weighted by atomic mass is 32.1. The molecular formula is C15H22N2O3S. The molecule has 2 saturated heterocycles. The van der Waals surface area contributed by atoms with Crippen LogP contribution < -0.4 is 5.32 Å². The van der Waals surface area contributed by atoms with Crippen molar-refractivity contribution in [2.75, 3.05) is 26.3 Å². The molecule has 2 fully saturated rings. The maximum absolute atomic E-state index is 12.5. The number of thiophene rings is 1. The van der Waals surface area contributed by atoms with E-state index < -0.39 is 5.79 Å². The lowest BCUT2D eigenvalue weighted by Gasteiger charge is -2.39. The number of piperidine rings is 1. The molecule has 2 aliphatic heterocycles. The number of amides is 2. The Morgan fingerprint density at radius 1 is 1.52 bits per heavy atom. The van der Waals surface area contributed by atoms with Crippen LogP contribution in [-0.2, 0) is 9.47 Å². The third kappa shape index (κ3) is 3.22. The van der Waals surface area contributed by atoms with Gasteiger partial charge in [-0.3, -0.25) is 0 Å². The van der Waals surface area contributed by atoms with Crippen molar-refractivity contribution < 1.29 is 14.3 Å². The van der Waals surface area contributed by atoms with Crippen LogP contribution in [0.15, 0.2) is 17.5 Å². The number of carbonyl (C=O) groups is 1. The summed E-state index contributed by atoms with van der Waals surface area (Å²) in [5.41, 5.74) is 0. The van der Waals surface area contributed by atoms with Gasteiger partial charge in [0.2, 0.25) is 0 Å². The number of carbonyl (C=O) groups excluding carboxylic acids is 1. The van der Waals surface area contributed by atoms with Gasteiger partial charge in [-0.2, -0.15) is 0 Å². The quantitative estimate of drug-likeness (QED) is 0.934. The molecule has 0 radical (unpaired) electrons. The SMILES string of the molecule is CC[C@@H](NC(=O)N1CCCC2(C1)OCCO2)c1cccs1. The van der Waals surface area contributed by atoms with Crippen molar-refractivity contribution in [2.24, 2.45) is 0 Å². The van der Waals surface area contributed by atoms with Crippen molar-refractivity contribution in [3.63, 3.8) is 0 Å². The summed E-state index contributed by atoms with van der Waals surface area (Å²) < 4.78 is 11.4. The Morgan fingerprint density at radius 2 is 2.33 bits per heavy atom. The highest BCUT2D eigenvalue weighted by molar-refractivity contribution is 7.10. The van der Waals surface area contributed by atoms with E-state index in [4.69, 9.17) is 9.47 Å². The van der Waals surface area contributed by atoms with Gasteiger partial charge in [0.05, 0.1) is 25.8 Å². The summed E-state index contributed by atoms with van der Waals surface area (Å²) in [6.45, 7) is 4.64. The highest BCUT2D eigenvalue weighted by Crippen LogP contribution is 2.30. The molecule has 0 aromatic carbocycles. The van der Waals surface area contributed by atoms with Gasteiger partial charge in [0.25, 0.3) is 0 Å². The van der Waals surface area contributed by atoms with Gasteiger partial charge in [-0.05, 0) is 24.3 Å². The van der Waals surface area contributed by atoms with Crippen molar-refractivity contribution in [1.82, 2.24) is 10.2 Å². The fraction of sp³-hybridized carbons (Fsp3) is 0.667. The Labute approximate surface area is 129 Å². The largest absolute Gasteiger partial charge is 0.346 e. The van der Waals surface area contributed by atoms with Gasteiger partial charge in [-0.15, -0.1) is 11.3 Å². The Morgan fingerprint density at radius 3 is 3.00 bits per heavy atom. The Balaban J connectivity index is 1.62. The van der Waals surface area contributed by atoms with Crippen molar-refractivity contribution in [3.05, 3.63) is 22.4 Å². The molecule has 3 rings (SSSR count). The van der Waals surface area contributed by atoms with Crippen LogP contribution in [-0.4, -0.2) is 43.0 Å². The monoisotopic (exact) mass is 310 g/mol. The smallest absolute Gasteiger partial charge is 0.318 e. The summed E-state index contributed by atoms with van der Waals surface area (Å²) in [5.74, 6) is -0.555.